The number of nitrogen functional groups attached to an aromatic ring is 1. The quantitative estimate of drug-likeness (QED) is 0.366. The van der Waals surface area contributed by atoms with Crippen molar-refractivity contribution in [3.63, 3.8) is 0 Å². The van der Waals surface area contributed by atoms with Gasteiger partial charge in [0.1, 0.15) is 17.4 Å². The molecule has 0 atom stereocenters. The van der Waals surface area contributed by atoms with E-state index in [1.807, 2.05) is 66.1 Å². The number of nitrogens with one attached hydrogen (secondary N) is 1. The monoisotopic (exact) mass is 430 g/mol. The highest BCUT2D eigenvalue weighted by molar-refractivity contribution is 7.90. The van der Waals surface area contributed by atoms with Gasteiger partial charge in [-0.1, -0.05) is 48.5 Å². The van der Waals surface area contributed by atoms with Gasteiger partial charge >= 0.3 is 0 Å². The highest BCUT2D eigenvalue weighted by Crippen LogP contribution is 2.28. The lowest BCUT2D eigenvalue weighted by Gasteiger charge is -2.11. The Bertz CT molecular complexity index is 1390. The molecule has 4 rings (SSSR count). The number of nitrogens with zero attached hydrogens (tertiary/aromatic N) is 2. The summed E-state index contributed by atoms with van der Waals surface area (Å²) in [6.45, 7) is 2.01. The molecule has 3 aromatic carbocycles. The average molecular weight is 431 g/mol. The minimum Gasteiger partial charge on any atom is -0.382 e. The number of nitrogens with two attached hydrogens (primary N) is 1. The van der Waals surface area contributed by atoms with E-state index < -0.39 is 9.84 Å². The van der Waals surface area contributed by atoms with Gasteiger partial charge in [0.15, 0.2) is 9.84 Å². The van der Waals surface area contributed by atoms with Crippen molar-refractivity contribution in [3.05, 3.63) is 90.3 Å². The van der Waals surface area contributed by atoms with Crippen molar-refractivity contribution in [1.82, 2.24) is 9.55 Å². The van der Waals surface area contributed by atoms with Gasteiger partial charge in [-0.15, -0.1) is 0 Å². The number of hydrogen-bond acceptors (Lipinski definition) is 4. The molecule has 0 unspecified atom stereocenters. The highest BCUT2D eigenvalue weighted by Gasteiger charge is 2.15. The lowest BCUT2D eigenvalue weighted by Crippen LogP contribution is -2.11. The normalized spacial score (nSPS) is 11.4. The molecular formula is C24H22N4O2S. The van der Waals surface area contributed by atoms with Crippen LogP contribution in [0.5, 0.6) is 0 Å². The number of rotatable bonds is 5. The summed E-state index contributed by atoms with van der Waals surface area (Å²) in [5, 5.41) is 7.79. The van der Waals surface area contributed by atoms with Crippen LogP contribution in [0.1, 0.15) is 11.3 Å². The summed E-state index contributed by atoms with van der Waals surface area (Å²) < 4.78 is 25.7. The van der Waals surface area contributed by atoms with Crippen molar-refractivity contribution >= 4 is 15.7 Å². The van der Waals surface area contributed by atoms with Gasteiger partial charge < -0.3 is 5.73 Å². The largest absolute Gasteiger partial charge is 0.382 e. The van der Waals surface area contributed by atoms with Crippen LogP contribution in [0.25, 0.3) is 28.2 Å². The molecule has 0 fully saturated rings. The van der Waals surface area contributed by atoms with Crippen LogP contribution in [0.4, 0.5) is 0 Å². The molecular weight excluding hydrogens is 408 g/mol. The van der Waals surface area contributed by atoms with Crippen molar-refractivity contribution in [2.24, 2.45) is 5.73 Å². The lowest BCUT2D eigenvalue weighted by molar-refractivity contribution is 0.602. The average Bonchev–Trinajstić information content (AvgIpc) is 3.19. The molecule has 156 valence electrons. The standard InChI is InChI=1S/C24H22N4O2S/c1-16-6-3-4-9-21(16)24-27-22(23(25)26)15-28(24)19-12-10-17(11-13-19)18-7-5-8-20(14-18)31(2,29)30/h3-15H,1-2H3,(H3,25,26). The molecule has 0 radical (unpaired) electrons. The predicted octanol–water partition coefficient (Wildman–Crippen LogP) is 4.20. The van der Waals surface area contributed by atoms with Gasteiger partial charge in [0, 0.05) is 23.7 Å². The second-order valence-electron chi connectivity index (χ2n) is 7.40. The summed E-state index contributed by atoms with van der Waals surface area (Å²) in [5.41, 5.74) is 10.7. The second kappa shape index (κ2) is 7.85. The third-order valence-electron chi connectivity index (χ3n) is 5.11. The Morgan fingerprint density at radius 3 is 2.32 bits per heavy atom. The van der Waals surface area contributed by atoms with Gasteiger partial charge in [0.05, 0.1) is 4.90 Å². The molecule has 0 saturated carbocycles. The van der Waals surface area contributed by atoms with Crippen molar-refractivity contribution in [2.45, 2.75) is 11.8 Å². The van der Waals surface area contributed by atoms with Crippen molar-refractivity contribution in [2.75, 3.05) is 6.26 Å². The fourth-order valence-corrected chi connectivity index (χ4v) is 4.11. The molecule has 0 aliphatic rings. The summed E-state index contributed by atoms with van der Waals surface area (Å²) >= 11 is 0. The van der Waals surface area contributed by atoms with Crippen LogP contribution in [0.2, 0.25) is 0 Å². The van der Waals surface area contributed by atoms with E-state index in [0.29, 0.717) is 11.5 Å². The van der Waals surface area contributed by atoms with E-state index in [4.69, 9.17) is 11.1 Å². The summed E-state index contributed by atoms with van der Waals surface area (Å²) in [5.74, 6) is 0.609. The highest BCUT2D eigenvalue weighted by atomic mass is 32.2. The van der Waals surface area contributed by atoms with Crippen LogP contribution >= 0.6 is 0 Å². The SMILES string of the molecule is Cc1ccccc1-c1nc(C(=N)N)cn1-c1ccc(-c2cccc(S(C)(=O)=O)c2)cc1. The maximum atomic E-state index is 11.9. The molecule has 1 aromatic heterocycles. The van der Waals surface area contributed by atoms with Crippen LogP contribution in [0.15, 0.2) is 83.9 Å². The number of aryl methyl sites for hydroxylation is 1. The molecule has 0 bridgehead atoms. The molecule has 31 heavy (non-hydrogen) atoms. The summed E-state index contributed by atoms with van der Waals surface area (Å²) in [7, 11) is -3.27. The van der Waals surface area contributed by atoms with Crippen molar-refractivity contribution in [3.8, 4) is 28.2 Å². The first-order valence-electron chi connectivity index (χ1n) is 9.65. The number of hydrogen-bond donors (Lipinski definition) is 2. The van der Waals surface area contributed by atoms with Crippen molar-refractivity contribution < 1.29 is 8.42 Å². The minimum atomic E-state index is -3.27. The third-order valence-corrected chi connectivity index (χ3v) is 6.22. The molecule has 7 heteroatoms. The van der Waals surface area contributed by atoms with E-state index in [9.17, 15) is 8.42 Å². The third kappa shape index (κ3) is 4.13. The van der Waals surface area contributed by atoms with Crippen LogP contribution in [-0.4, -0.2) is 30.1 Å². The minimum absolute atomic E-state index is 0.0946. The number of amidine groups is 1. The van der Waals surface area contributed by atoms with E-state index in [1.54, 1.807) is 24.4 Å². The number of benzene rings is 3. The van der Waals surface area contributed by atoms with Crippen molar-refractivity contribution in [1.29, 1.82) is 5.41 Å². The molecule has 0 amide bonds. The Hall–Kier alpha value is -3.71. The Morgan fingerprint density at radius 2 is 1.68 bits per heavy atom. The van der Waals surface area contributed by atoms with Gasteiger partial charge in [-0.2, -0.15) is 0 Å². The molecule has 3 N–H and O–H groups in total. The fraction of sp³-hybridized carbons (Fsp3) is 0.0833. The fourth-order valence-electron chi connectivity index (χ4n) is 3.44. The van der Waals surface area contributed by atoms with Crippen LogP contribution < -0.4 is 5.73 Å². The first-order valence-corrected chi connectivity index (χ1v) is 11.5. The van der Waals surface area contributed by atoms with E-state index in [-0.39, 0.29) is 10.7 Å². The van der Waals surface area contributed by atoms with Gasteiger partial charge in [-0.25, -0.2) is 13.4 Å². The second-order valence-corrected chi connectivity index (χ2v) is 9.41. The Morgan fingerprint density at radius 1 is 0.968 bits per heavy atom. The number of aromatic nitrogens is 2. The molecule has 6 nitrogen and oxygen atoms in total. The first-order chi connectivity index (χ1) is 14.7. The van der Waals surface area contributed by atoms with Crippen LogP contribution in [0, 0.1) is 12.3 Å². The zero-order valence-corrected chi connectivity index (χ0v) is 18.0. The van der Waals surface area contributed by atoms with E-state index in [2.05, 4.69) is 4.98 Å². The topological polar surface area (TPSA) is 102 Å². The van der Waals surface area contributed by atoms with Crippen LogP contribution in [0.3, 0.4) is 0 Å². The summed E-state index contributed by atoms with van der Waals surface area (Å²) in [6.07, 6.45) is 2.96. The predicted molar refractivity (Wildman–Crippen MR) is 123 cm³/mol. The maximum Gasteiger partial charge on any atom is 0.175 e. The van der Waals surface area contributed by atoms with Gasteiger partial charge in [-0.3, -0.25) is 9.98 Å². The van der Waals surface area contributed by atoms with E-state index >= 15 is 0 Å². The smallest absolute Gasteiger partial charge is 0.175 e. The number of sulfone groups is 1. The van der Waals surface area contributed by atoms with Crippen LogP contribution in [-0.2, 0) is 9.84 Å². The summed E-state index contributed by atoms with van der Waals surface area (Å²) in [6, 6.07) is 22.6. The van der Waals surface area contributed by atoms with E-state index in [1.165, 1.54) is 6.26 Å². The first kappa shape index (κ1) is 20.6. The Balaban J connectivity index is 1.78. The maximum absolute atomic E-state index is 11.9. The number of imidazole rings is 1. The zero-order chi connectivity index (χ0) is 22.2. The zero-order valence-electron chi connectivity index (χ0n) is 17.2. The molecule has 0 aliphatic carbocycles. The molecule has 4 aromatic rings. The van der Waals surface area contributed by atoms with Gasteiger partial charge in [0.25, 0.3) is 0 Å². The molecule has 0 aliphatic heterocycles. The Labute approximate surface area is 181 Å². The molecule has 0 spiro atoms. The van der Waals surface area contributed by atoms with Gasteiger partial charge in [0.2, 0.25) is 0 Å². The Kier molecular flexibility index (Phi) is 5.20. The molecule has 1 heterocycles. The lowest BCUT2D eigenvalue weighted by atomic mass is 10.1. The van der Waals surface area contributed by atoms with Gasteiger partial charge in [-0.05, 0) is 47.9 Å². The molecule has 0 saturated heterocycles. The van der Waals surface area contributed by atoms with E-state index in [0.717, 1.165) is 27.9 Å². The summed E-state index contributed by atoms with van der Waals surface area (Å²) in [4.78, 5) is 4.87.